The minimum absolute atomic E-state index is 0.0979. The van der Waals surface area contributed by atoms with E-state index in [0.717, 1.165) is 11.5 Å². The largest absolute Gasteiger partial charge is 0.398 e. The van der Waals surface area contributed by atoms with Gasteiger partial charge in [-0.15, -0.1) is 0 Å². The lowest BCUT2D eigenvalue weighted by molar-refractivity contribution is 0.102. The average molecular weight is 281 g/mol. The van der Waals surface area contributed by atoms with Crippen LogP contribution >= 0.6 is 0 Å². The summed E-state index contributed by atoms with van der Waals surface area (Å²) >= 11 is 0. The van der Waals surface area contributed by atoms with Crippen LogP contribution < -0.4 is 11.1 Å². The molecule has 5 heteroatoms. The Hall–Kier alpha value is -2.95. The number of aromatic nitrogens is 1. The molecule has 4 nitrogen and oxygen atoms in total. The van der Waals surface area contributed by atoms with E-state index >= 15 is 0 Å². The van der Waals surface area contributed by atoms with Crippen LogP contribution in [-0.4, -0.2) is 10.9 Å². The van der Waals surface area contributed by atoms with Crippen LogP contribution in [0.2, 0.25) is 0 Å². The second kappa shape index (κ2) is 5.20. The third-order valence-corrected chi connectivity index (χ3v) is 3.14. The van der Waals surface area contributed by atoms with Crippen molar-refractivity contribution in [2.45, 2.75) is 0 Å². The zero-order valence-electron chi connectivity index (χ0n) is 11.0. The lowest BCUT2D eigenvalue weighted by atomic mass is 10.1. The monoisotopic (exact) mass is 281 g/mol. The SMILES string of the molecule is Nc1cc(F)ccc1C(=O)Nc1cccc2cccnc12. The Kier molecular flexibility index (Phi) is 3.23. The molecule has 3 rings (SSSR count). The molecule has 1 amide bonds. The van der Waals surface area contributed by atoms with Crippen molar-refractivity contribution in [3.63, 3.8) is 0 Å². The Morgan fingerprint density at radius 3 is 2.76 bits per heavy atom. The minimum Gasteiger partial charge on any atom is -0.398 e. The highest BCUT2D eigenvalue weighted by atomic mass is 19.1. The van der Waals surface area contributed by atoms with Gasteiger partial charge in [-0.1, -0.05) is 18.2 Å². The Morgan fingerprint density at radius 1 is 1.14 bits per heavy atom. The molecule has 0 aliphatic carbocycles. The van der Waals surface area contributed by atoms with E-state index in [1.54, 1.807) is 12.3 Å². The quantitative estimate of drug-likeness (QED) is 0.709. The van der Waals surface area contributed by atoms with E-state index in [0.29, 0.717) is 11.2 Å². The van der Waals surface area contributed by atoms with Crippen molar-refractivity contribution in [3.05, 3.63) is 66.1 Å². The molecule has 21 heavy (non-hydrogen) atoms. The lowest BCUT2D eigenvalue weighted by Crippen LogP contribution is -2.14. The first kappa shape index (κ1) is 13.1. The highest BCUT2D eigenvalue weighted by molar-refractivity contribution is 6.10. The van der Waals surface area contributed by atoms with E-state index in [4.69, 9.17) is 5.73 Å². The molecule has 0 saturated carbocycles. The fourth-order valence-corrected chi connectivity index (χ4v) is 2.14. The fraction of sp³-hybridized carbons (Fsp3) is 0. The molecule has 0 unspecified atom stereocenters. The van der Waals surface area contributed by atoms with E-state index in [9.17, 15) is 9.18 Å². The second-order valence-electron chi connectivity index (χ2n) is 4.57. The first-order valence-electron chi connectivity index (χ1n) is 6.35. The first-order valence-corrected chi connectivity index (χ1v) is 6.35. The number of pyridine rings is 1. The van der Waals surface area contributed by atoms with Crippen molar-refractivity contribution in [1.29, 1.82) is 0 Å². The molecule has 0 atom stereocenters. The van der Waals surface area contributed by atoms with E-state index in [1.807, 2.05) is 24.3 Å². The minimum atomic E-state index is -0.476. The summed E-state index contributed by atoms with van der Waals surface area (Å²) in [5.74, 6) is -0.874. The summed E-state index contributed by atoms with van der Waals surface area (Å²) < 4.78 is 13.0. The molecule has 1 heterocycles. The molecule has 3 N–H and O–H groups in total. The first-order chi connectivity index (χ1) is 10.1. The number of rotatable bonds is 2. The van der Waals surface area contributed by atoms with E-state index in [-0.39, 0.29) is 11.3 Å². The van der Waals surface area contributed by atoms with Gasteiger partial charge in [-0.3, -0.25) is 9.78 Å². The average Bonchev–Trinajstić information content (AvgIpc) is 2.47. The summed E-state index contributed by atoms with van der Waals surface area (Å²) in [6.45, 7) is 0. The molecular weight excluding hydrogens is 269 g/mol. The number of nitrogens with one attached hydrogen (secondary N) is 1. The fourth-order valence-electron chi connectivity index (χ4n) is 2.14. The van der Waals surface area contributed by atoms with Gasteiger partial charge in [0.1, 0.15) is 5.82 Å². The number of halogens is 1. The number of hydrogen-bond donors (Lipinski definition) is 2. The summed E-state index contributed by atoms with van der Waals surface area (Å²) in [4.78, 5) is 16.5. The number of benzene rings is 2. The highest BCUT2D eigenvalue weighted by Crippen LogP contribution is 2.22. The molecule has 0 bridgehead atoms. The number of amides is 1. The van der Waals surface area contributed by atoms with Crippen molar-refractivity contribution in [3.8, 4) is 0 Å². The number of carbonyl (C=O) groups is 1. The summed E-state index contributed by atoms with van der Waals surface area (Å²) in [6, 6.07) is 12.9. The molecule has 0 aliphatic rings. The van der Waals surface area contributed by atoms with Crippen LogP contribution in [0.25, 0.3) is 10.9 Å². The molecular formula is C16H12FN3O. The lowest BCUT2D eigenvalue weighted by Gasteiger charge is -2.09. The number of anilines is 2. The van der Waals surface area contributed by atoms with Gasteiger partial charge in [-0.25, -0.2) is 4.39 Å². The third kappa shape index (κ3) is 2.53. The number of nitrogens with zero attached hydrogens (tertiary/aromatic N) is 1. The number of nitrogen functional groups attached to an aromatic ring is 1. The zero-order valence-corrected chi connectivity index (χ0v) is 11.0. The van der Waals surface area contributed by atoms with Crippen molar-refractivity contribution in [2.75, 3.05) is 11.1 Å². The zero-order chi connectivity index (χ0) is 14.8. The van der Waals surface area contributed by atoms with Gasteiger partial charge in [0, 0.05) is 17.3 Å². The van der Waals surface area contributed by atoms with Crippen LogP contribution in [0.4, 0.5) is 15.8 Å². The summed E-state index contributed by atoms with van der Waals surface area (Å²) in [7, 11) is 0. The molecule has 0 fully saturated rings. The maximum atomic E-state index is 13.0. The molecule has 0 aliphatic heterocycles. The normalized spacial score (nSPS) is 10.5. The Morgan fingerprint density at radius 2 is 1.95 bits per heavy atom. The molecule has 0 saturated heterocycles. The number of hydrogen-bond acceptors (Lipinski definition) is 3. The third-order valence-electron chi connectivity index (χ3n) is 3.14. The maximum absolute atomic E-state index is 13.0. The van der Waals surface area contributed by atoms with E-state index in [1.165, 1.54) is 12.1 Å². The van der Waals surface area contributed by atoms with Crippen LogP contribution in [0.5, 0.6) is 0 Å². The molecule has 0 radical (unpaired) electrons. The van der Waals surface area contributed by atoms with Crippen LogP contribution in [0.15, 0.2) is 54.7 Å². The van der Waals surface area contributed by atoms with Crippen molar-refractivity contribution in [1.82, 2.24) is 4.98 Å². The van der Waals surface area contributed by atoms with E-state index < -0.39 is 11.7 Å². The van der Waals surface area contributed by atoms with Gasteiger partial charge in [-0.2, -0.15) is 0 Å². The van der Waals surface area contributed by atoms with Crippen LogP contribution in [-0.2, 0) is 0 Å². The summed E-state index contributed by atoms with van der Waals surface area (Å²) in [5.41, 5.74) is 7.27. The van der Waals surface area contributed by atoms with Crippen LogP contribution in [0.1, 0.15) is 10.4 Å². The number of para-hydroxylation sites is 1. The molecule has 1 aromatic heterocycles. The van der Waals surface area contributed by atoms with Gasteiger partial charge in [0.15, 0.2) is 0 Å². The van der Waals surface area contributed by atoms with Gasteiger partial charge in [0.05, 0.1) is 16.8 Å². The highest BCUT2D eigenvalue weighted by Gasteiger charge is 2.12. The second-order valence-corrected chi connectivity index (χ2v) is 4.57. The molecule has 104 valence electrons. The molecule has 3 aromatic rings. The van der Waals surface area contributed by atoms with Gasteiger partial charge in [0.25, 0.3) is 5.91 Å². The summed E-state index contributed by atoms with van der Waals surface area (Å²) in [5, 5.41) is 3.68. The molecule has 2 aromatic carbocycles. The predicted molar refractivity (Wildman–Crippen MR) is 80.5 cm³/mol. The standard InChI is InChI=1S/C16H12FN3O/c17-11-6-7-12(13(18)9-11)16(21)20-14-5-1-3-10-4-2-8-19-15(10)14/h1-9H,18H2,(H,20,21). The number of carbonyl (C=O) groups excluding carboxylic acids is 1. The topological polar surface area (TPSA) is 68.0 Å². The Labute approximate surface area is 120 Å². The van der Waals surface area contributed by atoms with Crippen LogP contribution in [0.3, 0.4) is 0 Å². The summed E-state index contributed by atoms with van der Waals surface area (Å²) in [6.07, 6.45) is 1.66. The van der Waals surface area contributed by atoms with Gasteiger partial charge < -0.3 is 11.1 Å². The van der Waals surface area contributed by atoms with Gasteiger partial charge in [0.2, 0.25) is 0 Å². The van der Waals surface area contributed by atoms with Crippen molar-refractivity contribution >= 4 is 28.2 Å². The van der Waals surface area contributed by atoms with E-state index in [2.05, 4.69) is 10.3 Å². The Balaban J connectivity index is 1.97. The van der Waals surface area contributed by atoms with Crippen molar-refractivity contribution in [2.24, 2.45) is 0 Å². The smallest absolute Gasteiger partial charge is 0.257 e. The molecule has 0 spiro atoms. The van der Waals surface area contributed by atoms with Gasteiger partial charge in [-0.05, 0) is 30.3 Å². The number of nitrogens with two attached hydrogens (primary N) is 1. The maximum Gasteiger partial charge on any atom is 0.257 e. The van der Waals surface area contributed by atoms with Crippen LogP contribution in [0, 0.1) is 5.82 Å². The van der Waals surface area contributed by atoms with Gasteiger partial charge >= 0.3 is 0 Å². The van der Waals surface area contributed by atoms with Crippen molar-refractivity contribution < 1.29 is 9.18 Å². The number of fused-ring (bicyclic) bond motifs is 1. The predicted octanol–water partition coefficient (Wildman–Crippen LogP) is 3.21. The Bertz CT molecular complexity index is 827.